The Hall–Kier alpha value is -1.26. The van der Waals surface area contributed by atoms with Gasteiger partial charge >= 0.3 is 0 Å². The second kappa shape index (κ2) is 4.94. The number of halogens is 2. The van der Waals surface area contributed by atoms with Crippen LogP contribution in [0.15, 0.2) is 34.9 Å². The van der Waals surface area contributed by atoms with Gasteiger partial charge in [0.05, 0.1) is 12.1 Å². The third-order valence-electron chi connectivity index (χ3n) is 2.37. The standard InChI is InChI=1S/C12H10BrClN2O/c1-17-11-9(14)5-4-8(13)10(11)7-3-2-6-16-12(7)15/h2-6H,1H3,(H2,15,16). The second-order valence-corrected chi connectivity index (χ2v) is 4.64. The van der Waals surface area contributed by atoms with E-state index >= 15 is 0 Å². The van der Waals surface area contributed by atoms with Crippen LogP contribution in [0, 0.1) is 0 Å². The highest BCUT2D eigenvalue weighted by molar-refractivity contribution is 9.10. The minimum atomic E-state index is 0.439. The monoisotopic (exact) mass is 312 g/mol. The van der Waals surface area contributed by atoms with E-state index in [1.807, 2.05) is 18.2 Å². The van der Waals surface area contributed by atoms with E-state index in [-0.39, 0.29) is 0 Å². The number of ether oxygens (including phenoxy) is 1. The molecule has 2 aromatic rings. The molecule has 0 aliphatic carbocycles. The van der Waals surface area contributed by atoms with Gasteiger partial charge in [-0.05, 0) is 24.3 Å². The number of benzene rings is 1. The van der Waals surface area contributed by atoms with Gasteiger partial charge < -0.3 is 10.5 Å². The molecule has 5 heteroatoms. The van der Waals surface area contributed by atoms with Crippen molar-refractivity contribution in [3.8, 4) is 16.9 Å². The minimum Gasteiger partial charge on any atom is -0.494 e. The quantitative estimate of drug-likeness (QED) is 0.918. The maximum atomic E-state index is 6.10. The summed E-state index contributed by atoms with van der Waals surface area (Å²) in [7, 11) is 1.57. The molecule has 0 fully saturated rings. The molecule has 0 radical (unpaired) electrons. The molecule has 0 atom stereocenters. The van der Waals surface area contributed by atoms with Crippen LogP contribution in [0.1, 0.15) is 0 Å². The maximum Gasteiger partial charge on any atom is 0.146 e. The molecule has 3 nitrogen and oxygen atoms in total. The van der Waals surface area contributed by atoms with E-state index in [2.05, 4.69) is 20.9 Å². The molecular weight excluding hydrogens is 304 g/mol. The first kappa shape index (κ1) is 12.2. The van der Waals surface area contributed by atoms with Gasteiger partial charge in [-0.25, -0.2) is 4.98 Å². The molecule has 1 aromatic carbocycles. The molecule has 17 heavy (non-hydrogen) atoms. The zero-order valence-electron chi connectivity index (χ0n) is 9.08. The molecule has 0 saturated heterocycles. The van der Waals surface area contributed by atoms with Gasteiger partial charge in [-0.15, -0.1) is 0 Å². The van der Waals surface area contributed by atoms with Crippen molar-refractivity contribution in [2.75, 3.05) is 12.8 Å². The summed E-state index contributed by atoms with van der Waals surface area (Å²) in [6.07, 6.45) is 1.64. The third-order valence-corrected chi connectivity index (χ3v) is 3.33. The number of hydrogen-bond acceptors (Lipinski definition) is 3. The Morgan fingerprint density at radius 1 is 1.35 bits per heavy atom. The zero-order valence-corrected chi connectivity index (χ0v) is 11.4. The summed E-state index contributed by atoms with van der Waals surface area (Å²) in [6, 6.07) is 7.31. The second-order valence-electron chi connectivity index (χ2n) is 3.37. The van der Waals surface area contributed by atoms with E-state index in [9.17, 15) is 0 Å². The summed E-state index contributed by atoms with van der Waals surface area (Å²) in [4.78, 5) is 4.06. The van der Waals surface area contributed by atoms with Crippen LogP contribution in [0.3, 0.4) is 0 Å². The number of pyridine rings is 1. The van der Waals surface area contributed by atoms with Gasteiger partial charge in [0.25, 0.3) is 0 Å². The van der Waals surface area contributed by atoms with Gasteiger partial charge in [-0.1, -0.05) is 27.5 Å². The minimum absolute atomic E-state index is 0.439. The fourth-order valence-corrected chi connectivity index (χ4v) is 2.37. The molecule has 0 unspecified atom stereocenters. The molecule has 0 bridgehead atoms. The van der Waals surface area contributed by atoms with E-state index < -0.39 is 0 Å². The molecule has 1 aromatic heterocycles. The van der Waals surface area contributed by atoms with Crippen LogP contribution >= 0.6 is 27.5 Å². The Balaban J connectivity index is 2.75. The van der Waals surface area contributed by atoms with E-state index in [1.54, 1.807) is 19.4 Å². The van der Waals surface area contributed by atoms with Crippen molar-refractivity contribution in [1.29, 1.82) is 0 Å². The first-order chi connectivity index (χ1) is 8.15. The number of nitrogens with two attached hydrogens (primary N) is 1. The summed E-state index contributed by atoms with van der Waals surface area (Å²) in [5.41, 5.74) is 7.47. The molecule has 0 aliphatic heterocycles. The van der Waals surface area contributed by atoms with Crippen molar-refractivity contribution in [2.45, 2.75) is 0 Å². The smallest absolute Gasteiger partial charge is 0.146 e. The Labute approximate surface area is 113 Å². The van der Waals surface area contributed by atoms with Gasteiger partial charge in [-0.2, -0.15) is 0 Å². The highest BCUT2D eigenvalue weighted by atomic mass is 79.9. The van der Waals surface area contributed by atoms with Crippen LogP contribution in [0.2, 0.25) is 5.02 Å². The van der Waals surface area contributed by atoms with Crippen LogP contribution in [0.25, 0.3) is 11.1 Å². The summed E-state index contributed by atoms with van der Waals surface area (Å²) in [6.45, 7) is 0. The van der Waals surface area contributed by atoms with Gasteiger partial charge in [-0.3, -0.25) is 0 Å². The Morgan fingerprint density at radius 2 is 2.12 bits per heavy atom. The van der Waals surface area contributed by atoms with Crippen molar-refractivity contribution in [3.05, 3.63) is 40.0 Å². The van der Waals surface area contributed by atoms with Crippen LogP contribution in [0.4, 0.5) is 5.82 Å². The van der Waals surface area contributed by atoms with Crippen LogP contribution < -0.4 is 10.5 Å². The van der Waals surface area contributed by atoms with E-state index in [0.29, 0.717) is 16.6 Å². The Bertz CT molecular complexity index is 560. The SMILES string of the molecule is COc1c(Cl)ccc(Br)c1-c1cccnc1N. The molecular formula is C12H10BrClN2O. The maximum absolute atomic E-state index is 6.10. The molecule has 88 valence electrons. The number of anilines is 1. The molecule has 0 saturated carbocycles. The lowest BCUT2D eigenvalue weighted by molar-refractivity contribution is 0.416. The largest absolute Gasteiger partial charge is 0.494 e. The van der Waals surface area contributed by atoms with Crippen LogP contribution in [0.5, 0.6) is 5.75 Å². The third kappa shape index (κ3) is 2.23. The Kier molecular flexibility index (Phi) is 3.54. The fourth-order valence-electron chi connectivity index (χ4n) is 1.61. The van der Waals surface area contributed by atoms with Gasteiger partial charge in [0.15, 0.2) is 0 Å². The average Bonchev–Trinajstić information content (AvgIpc) is 2.33. The number of aromatic nitrogens is 1. The number of methoxy groups -OCH3 is 1. The summed E-state index contributed by atoms with van der Waals surface area (Å²) in [5, 5.41) is 0.536. The average molecular weight is 314 g/mol. The molecule has 2 rings (SSSR count). The molecule has 0 spiro atoms. The fraction of sp³-hybridized carbons (Fsp3) is 0.0833. The first-order valence-corrected chi connectivity index (χ1v) is 6.05. The predicted octanol–water partition coefficient (Wildman–Crippen LogP) is 3.76. The van der Waals surface area contributed by atoms with E-state index in [1.165, 1.54) is 0 Å². The summed E-state index contributed by atoms with van der Waals surface area (Å²) in [5.74, 6) is 1.02. The highest BCUT2D eigenvalue weighted by Gasteiger charge is 2.16. The summed E-state index contributed by atoms with van der Waals surface area (Å²) >= 11 is 9.57. The predicted molar refractivity (Wildman–Crippen MR) is 73.3 cm³/mol. The van der Waals surface area contributed by atoms with E-state index in [0.717, 1.165) is 15.6 Å². The topological polar surface area (TPSA) is 48.1 Å². The molecule has 0 amide bonds. The first-order valence-electron chi connectivity index (χ1n) is 4.88. The molecule has 0 aliphatic rings. The van der Waals surface area contributed by atoms with E-state index in [4.69, 9.17) is 22.1 Å². The van der Waals surface area contributed by atoms with Crippen molar-refractivity contribution < 1.29 is 4.74 Å². The number of rotatable bonds is 2. The van der Waals surface area contributed by atoms with Gasteiger partial charge in [0.2, 0.25) is 0 Å². The lowest BCUT2D eigenvalue weighted by Gasteiger charge is -2.13. The van der Waals surface area contributed by atoms with Crippen LogP contribution in [-0.2, 0) is 0 Å². The highest BCUT2D eigenvalue weighted by Crippen LogP contribution is 2.42. The number of nitrogen functional groups attached to an aromatic ring is 1. The van der Waals surface area contributed by atoms with Crippen molar-refractivity contribution in [2.24, 2.45) is 0 Å². The lowest BCUT2D eigenvalue weighted by Crippen LogP contribution is -1.96. The number of nitrogens with zero attached hydrogens (tertiary/aromatic N) is 1. The lowest BCUT2D eigenvalue weighted by atomic mass is 10.1. The van der Waals surface area contributed by atoms with Crippen molar-refractivity contribution >= 4 is 33.3 Å². The molecule has 2 N–H and O–H groups in total. The Morgan fingerprint density at radius 3 is 2.76 bits per heavy atom. The van der Waals surface area contributed by atoms with Gasteiger partial charge in [0.1, 0.15) is 11.6 Å². The molecule has 1 heterocycles. The van der Waals surface area contributed by atoms with Crippen molar-refractivity contribution in [3.63, 3.8) is 0 Å². The zero-order chi connectivity index (χ0) is 12.4. The van der Waals surface area contributed by atoms with Gasteiger partial charge in [0, 0.05) is 21.8 Å². The van der Waals surface area contributed by atoms with Crippen LogP contribution in [-0.4, -0.2) is 12.1 Å². The van der Waals surface area contributed by atoms with Crippen molar-refractivity contribution in [1.82, 2.24) is 4.98 Å². The summed E-state index contributed by atoms with van der Waals surface area (Å²) < 4.78 is 6.18. The normalized spacial score (nSPS) is 10.3. The number of hydrogen-bond donors (Lipinski definition) is 1.